The molecule has 0 saturated heterocycles. The summed E-state index contributed by atoms with van der Waals surface area (Å²) in [7, 11) is 3.44. The highest BCUT2D eigenvalue weighted by Crippen LogP contribution is 2.14. The molecule has 0 aromatic heterocycles. The third kappa shape index (κ3) is 7.61. The number of carbonyl (C=O) groups excluding carboxylic acids is 1. The molecule has 3 nitrogen and oxygen atoms in total. The maximum atomic E-state index is 11.0. The van der Waals surface area contributed by atoms with Crippen LogP contribution in [-0.2, 0) is 4.79 Å². The maximum absolute atomic E-state index is 11.0. The Labute approximate surface area is 139 Å². The van der Waals surface area contributed by atoms with E-state index in [0.29, 0.717) is 6.42 Å². The van der Waals surface area contributed by atoms with Crippen LogP contribution in [0.5, 0.6) is 0 Å². The molecule has 3 heteroatoms. The molecule has 1 amide bonds. The number of likely N-dealkylation sites (N-methyl/N-ethyl adjacent to an activating group) is 1. The number of fused-ring (bicyclic) bond motifs is 1. The first-order valence-electron chi connectivity index (χ1n) is 7.81. The van der Waals surface area contributed by atoms with Gasteiger partial charge in [-0.25, -0.2) is 0 Å². The number of nitrogens with zero attached hydrogens (tertiary/aromatic N) is 1. The molecule has 0 fully saturated rings. The van der Waals surface area contributed by atoms with Crippen LogP contribution in [0.4, 0.5) is 0 Å². The normalized spacial score (nSPS) is 11.2. The highest BCUT2D eigenvalue weighted by Gasteiger charge is 2.07. The lowest BCUT2D eigenvalue weighted by Crippen LogP contribution is -2.31. The Morgan fingerprint density at radius 3 is 2.30 bits per heavy atom. The third-order valence-electron chi connectivity index (χ3n) is 3.25. The molecule has 0 heterocycles. The lowest BCUT2D eigenvalue weighted by Gasteiger charge is -2.15. The highest BCUT2D eigenvalue weighted by atomic mass is 16.2. The van der Waals surface area contributed by atoms with Crippen molar-refractivity contribution in [2.75, 3.05) is 14.1 Å². The number of aryl methyl sites for hydroxylation is 1. The standard InChI is InChI=1S/C11H10.C9H18N2O/c1-9-6-7-10-4-2-3-5-11(10)8-9;1-9(2,10)7-5-6-8(12)11(3)4/h2-8H,1H3;5-6H,7,10H2,1-4H3/b;6-5+. The molecule has 0 aliphatic carbocycles. The van der Waals surface area contributed by atoms with E-state index >= 15 is 0 Å². The van der Waals surface area contributed by atoms with Crippen LogP contribution in [0.1, 0.15) is 25.8 Å². The van der Waals surface area contributed by atoms with Gasteiger partial charge in [-0.15, -0.1) is 0 Å². The van der Waals surface area contributed by atoms with Crippen molar-refractivity contribution in [1.29, 1.82) is 0 Å². The molecular formula is C20H28N2O. The largest absolute Gasteiger partial charge is 0.345 e. The van der Waals surface area contributed by atoms with Crippen molar-refractivity contribution in [2.45, 2.75) is 32.7 Å². The van der Waals surface area contributed by atoms with Crippen LogP contribution in [0.3, 0.4) is 0 Å². The van der Waals surface area contributed by atoms with E-state index in [-0.39, 0.29) is 11.4 Å². The molecule has 23 heavy (non-hydrogen) atoms. The fourth-order valence-electron chi connectivity index (χ4n) is 1.92. The second-order valence-electron chi connectivity index (χ2n) is 6.68. The average molecular weight is 312 g/mol. The van der Waals surface area contributed by atoms with Gasteiger partial charge in [0, 0.05) is 19.6 Å². The van der Waals surface area contributed by atoms with Gasteiger partial charge in [0.15, 0.2) is 0 Å². The summed E-state index contributed by atoms with van der Waals surface area (Å²) in [4.78, 5) is 12.6. The molecule has 0 radical (unpaired) electrons. The molecule has 0 saturated carbocycles. The van der Waals surface area contributed by atoms with E-state index in [1.807, 2.05) is 19.9 Å². The quantitative estimate of drug-likeness (QED) is 0.874. The summed E-state index contributed by atoms with van der Waals surface area (Å²) in [5.74, 6) is -0.000694. The van der Waals surface area contributed by atoms with Gasteiger partial charge in [0.05, 0.1) is 0 Å². The van der Waals surface area contributed by atoms with Crippen LogP contribution < -0.4 is 5.73 Å². The van der Waals surface area contributed by atoms with E-state index in [1.165, 1.54) is 21.2 Å². The number of rotatable bonds is 3. The van der Waals surface area contributed by atoms with Gasteiger partial charge in [-0.05, 0) is 44.0 Å². The highest BCUT2D eigenvalue weighted by molar-refractivity contribution is 5.87. The number of hydrogen-bond donors (Lipinski definition) is 1. The van der Waals surface area contributed by atoms with Crippen LogP contribution >= 0.6 is 0 Å². The van der Waals surface area contributed by atoms with Gasteiger partial charge in [-0.3, -0.25) is 4.79 Å². The monoisotopic (exact) mass is 312 g/mol. The fraction of sp³-hybridized carbons (Fsp3) is 0.350. The lowest BCUT2D eigenvalue weighted by atomic mass is 10.0. The Bertz CT molecular complexity index is 667. The van der Waals surface area contributed by atoms with Crippen molar-refractivity contribution in [3.05, 3.63) is 60.2 Å². The average Bonchev–Trinajstić information content (AvgIpc) is 2.46. The molecule has 0 bridgehead atoms. The van der Waals surface area contributed by atoms with Crippen molar-refractivity contribution in [2.24, 2.45) is 5.73 Å². The molecule has 2 aromatic carbocycles. The molecule has 0 aliphatic rings. The van der Waals surface area contributed by atoms with E-state index < -0.39 is 0 Å². The maximum Gasteiger partial charge on any atom is 0.245 e. The van der Waals surface area contributed by atoms with Gasteiger partial charge in [-0.2, -0.15) is 0 Å². The number of nitrogens with two attached hydrogens (primary N) is 1. The zero-order valence-electron chi connectivity index (χ0n) is 14.8. The molecule has 124 valence electrons. The molecule has 0 spiro atoms. The molecule has 2 N–H and O–H groups in total. The summed E-state index contributed by atoms with van der Waals surface area (Å²) in [6, 6.07) is 14.9. The Morgan fingerprint density at radius 1 is 1.13 bits per heavy atom. The van der Waals surface area contributed by atoms with Crippen molar-refractivity contribution >= 4 is 16.7 Å². The van der Waals surface area contributed by atoms with Crippen LogP contribution in [0.15, 0.2) is 54.6 Å². The minimum Gasteiger partial charge on any atom is -0.345 e. The second-order valence-corrected chi connectivity index (χ2v) is 6.68. The molecule has 2 aromatic rings. The third-order valence-corrected chi connectivity index (χ3v) is 3.25. The summed E-state index contributed by atoms with van der Waals surface area (Å²) in [6.07, 6.45) is 4.07. The lowest BCUT2D eigenvalue weighted by molar-refractivity contribution is -0.123. The summed E-state index contributed by atoms with van der Waals surface area (Å²) in [5, 5.41) is 2.64. The summed E-state index contributed by atoms with van der Waals surface area (Å²) in [6.45, 7) is 5.97. The number of benzene rings is 2. The number of amides is 1. The Hall–Kier alpha value is -2.13. The van der Waals surface area contributed by atoms with Crippen LogP contribution in [0.25, 0.3) is 10.8 Å². The SMILES string of the molecule is CN(C)C(=O)/C=C/CC(C)(C)N.Cc1ccc2ccccc2c1. The summed E-state index contributed by atoms with van der Waals surface area (Å²) in [5.41, 5.74) is 6.81. The Balaban J connectivity index is 0.000000230. The summed E-state index contributed by atoms with van der Waals surface area (Å²) >= 11 is 0. The van der Waals surface area contributed by atoms with Gasteiger partial charge >= 0.3 is 0 Å². The first-order valence-corrected chi connectivity index (χ1v) is 7.81. The van der Waals surface area contributed by atoms with E-state index in [4.69, 9.17) is 5.73 Å². The zero-order valence-corrected chi connectivity index (χ0v) is 14.8. The fourth-order valence-corrected chi connectivity index (χ4v) is 1.92. The van der Waals surface area contributed by atoms with Gasteiger partial charge in [0.25, 0.3) is 0 Å². The minimum absolute atomic E-state index is 0.000694. The van der Waals surface area contributed by atoms with Gasteiger partial charge < -0.3 is 10.6 Å². The molecule has 0 aliphatic heterocycles. The van der Waals surface area contributed by atoms with Crippen molar-refractivity contribution in [3.63, 3.8) is 0 Å². The number of hydrogen-bond acceptors (Lipinski definition) is 2. The van der Waals surface area contributed by atoms with E-state index in [0.717, 1.165) is 0 Å². The Morgan fingerprint density at radius 2 is 1.74 bits per heavy atom. The molecule has 2 rings (SSSR count). The first-order chi connectivity index (χ1) is 10.7. The summed E-state index contributed by atoms with van der Waals surface area (Å²) < 4.78 is 0. The molecule has 0 atom stereocenters. The first kappa shape index (κ1) is 18.9. The van der Waals surface area contributed by atoms with E-state index in [9.17, 15) is 4.79 Å². The number of carbonyl (C=O) groups is 1. The second kappa shape index (κ2) is 8.49. The predicted molar refractivity (Wildman–Crippen MR) is 99.4 cm³/mol. The minimum atomic E-state index is -0.233. The van der Waals surface area contributed by atoms with Crippen molar-refractivity contribution in [1.82, 2.24) is 4.90 Å². The Kier molecular flexibility index (Phi) is 6.98. The van der Waals surface area contributed by atoms with Crippen molar-refractivity contribution in [3.8, 4) is 0 Å². The predicted octanol–water partition coefficient (Wildman–Crippen LogP) is 3.91. The zero-order chi connectivity index (χ0) is 17.5. The van der Waals surface area contributed by atoms with Gasteiger partial charge in [-0.1, -0.05) is 54.1 Å². The van der Waals surface area contributed by atoms with Crippen LogP contribution in [0, 0.1) is 6.92 Å². The molecular weight excluding hydrogens is 284 g/mol. The van der Waals surface area contributed by atoms with Crippen LogP contribution in [-0.4, -0.2) is 30.4 Å². The van der Waals surface area contributed by atoms with Crippen LogP contribution in [0.2, 0.25) is 0 Å². The van der Waals surface area contributed by atoms with Gasteiger partial charge in [0.2, 0.25) is 5.91 Å². The van der Waals surface area contributed by atoms with Crippen molar-refractivity contribution < 1.29 is 4.79 Å². The van der Waals surface area contributed by atoms with Gasteiger partial charge in [0.1, 0.15) is 0 Å². The van der Waals surface area contributed by atoms with E-state index in [2.05, 4.69) is 49.4 Å². The molecule has 0 unspecified atom stereocenters. The van der Waals surface area contributed by atoms with E-state index in [1.54, 1.807) is 20.2 Å². The topological polar surface area (TPSA) is 46.3 Å². The smallest absolute Gasteiger partial charge is 0.245 e.